The summed E-state index contributed by atoms with van der Waals surface area (Å²) < 4.78 is 0. The molecular formula is C14H13CdN3OS. The van der Waals surface area contributed by atoms with E-state index >= 15 is 0 Å². The fourth-order valence-corrected chi connectivity index (χ4v) is 1.55. The average molecular weight is 384 g/mol. The van der Waals surface area contributed by atoms with E-state index in [1.54, 1.807) is 18.2 Å². The zero-order valence-electron chi connectivity index (χ0n) is 10.9. The third-order valence-electron chi connectivity index (χ3n) is 2.29. The van der Waals surface area contributed by atoms with E-state index in [4.69, 9.17) is 12.6 Å². The van der Waals surface area contributed by atoms with Crippen LogP contribution in [0.2, 0.25) is 0 Å². The van der Waals surface area contributed by atoms with Crippen LogP contribution < -0.4 is 11.3 Å². The first kappa shape index (κ1) is 18.7. The molecule has 0 saturated heterocycles. The maximum atomic E-state index is 11.4. The van der Waals surface area contributed by atoms with Crippen LogP contribution in [0.3, 0.4) is 0 Å². The van der Waals surface area contributed by atoms with Gasteiger partial charge in [-0.25, -0.2) is 0 Å². The summed E-state index contributed by atoms with van der Waals surface area (Å²) in [7, 11) is 0. The van der Waals surface area contributed by atoms with Gasteiger partial charge in [-0.15, -0.1) is 0 Å². The Morgan fingerprint density at radius 2 is 1.60 bits per heavy atom. The van der Waals surface area contributed by atoms with Gasteiger partial charge in [-0.2, -0.15) is 10.2 Å². The second-order valence-corrected chi connectivity index (χ2v) is 3.94. The van der Waals surface area contributed by atoms with E-state index < -0.39 is 0 Å². The molecule has 0 aliphatic heterocycles. The van der Waals surface area contributed by atoms with Crippen LogP contribution in [-0.4, -0.2) is 11.3 Å². The van der Waals surface area contributed by atoms with Crippen molar-refractivity contribution in [3.63, 3.8) is 0 Å². The zero-order valence-corrected chi connectivity index (χ0v) is 15.8. The zero-order chi connectivity index (χ0) is 12.8. The van der Waals surface area contributed by atoms with E-state index in [9.17, 15) is 5.11 Å². The van der Waals surface area contributed by atoms with Gasteiger partial charge in [0.15, 0.2) is 0 Å². The molecule has 6 heteroatoms. The molecular weight excluding hydrogens is 371 g/mol. The second kappa shape index (κ2) is 9.56. The van der Waals surface area contributed by atoms with Crippen LogP contribution in [0.25, 0.3) is 0 Å². The first-order chi connectivity index (χ1) is 8.77. The fraction of sp³-hybridized carbons (Fsp3) is 0. The van der Waals surface area contributed by atoms with Gasteiger partial charge in [0.05, 0.1) is 6.21 Å². The van der Waals surface area contributed by atoms with Crippen LogP contribution in [0.1, 0.15) is 11.1 Å². The van der Waals surface area contributed by atoms with Crippen molar-refractivity contribution in [1.29, 1.82) is 0 Å². The standard InChI is InChI=1S/C14H12N2OS.Cd.H3N/c17-13-9-5-4-8-12(13)10-15-16-14(18)11-6-2-1-3-7-11;;/h1-10,17H,(H,16,18);;1H3/q;+2;/p-2/b15-10+;;. The predicted molar refractivity (Wildman–Crippen MR) is 78.8 cm³/mol. The molecule has 2 aromatic carbocycles. The number of benzene rings is 2. The Morgan fingerprint density at radius 3 is 2.25 bits per heavy atom. The third-order valence-corrected chi connectivity index (χ3v) is 2.60. The summed E-state index contributed by atoms with van der Waals surface area (Å²) in [6.45, 7) is 0. The van der Waals surface area contributed by atoms with Gasteiger partial charge < -0.3 is 23.9 Å². The van der Waals surface area contributed by atoms with Gasteiger partial charge in [-0.1, -0.05) is 65.4 Å². The van der Waals surface area contributed by atoms with Crippen molar-refractivity contribution >= 4 is 23.9 Å². The van der Waals surface area contributed by atoms with E-state index in [-0.39, 0.29) is 39.2 Å². The summed E-state index contributed by atoms with van der Waals surface area (Å²) in [6.07, 6.45) is 1.41. The molecule has 0 amide bonds. The number of nitrogens with zero attached hydrogens (tertiary/aromatic N) is 2. The minimum Gasteiger partial charge on any atom is -0.872 e. The van der Waals surface area contributed by atoms with Crippen LogP contribution in [0, 0.1) is 0 Å². The molecule has 2 aromatic rings. The Hall–Kier alpha value is -1.32. The Balaban J connectivity index is 0.00000180. The van der Waals surface area contributed by atoms with Crippen molar-refractivity contribution in [2.24, 2.45) is 10.2 Å². The first-order valence-electron chi connectivity index (χ1n) is 5.37. The van der Waals surface area contributed by atoms with Gasteiger partial charge in [-0.3, -0.25) is 0 Å². The second-order valence-electron chi connectivity index (χ2n) is 3.55. The summed E-state index contributed by atoms with van der Waals surface area (Å²) in [5.41, 5.74) is 1.33. The molecule has 0 bridgehead atoms. The molecule has 0 saturated carbocycles. The molecule has 0 aromatic heterocycles. The van der Waals surface area contributed by atoms with Crippen LogP contribution in [0.15, 0.2) is 64.8 Å². The van der Waals surface area contributed by atoms with Crippen molar-refractivity contribution < 1.29 is 32.4 Å². The molecule has 0 radical (unpaired) electrons. The molecule has 0 fully saturated rings. The van der Waals surface area contributed by atoms with Gasteiger partial charge in [0.1, 0.15) is 0 Å². The largest absolute Gasteiger partial charge is 2.00 e. The number of rotatable bonds is 3. The third kappa shape index (κ3) is 5.35. The summed E-state index contributed by atoms with van der Waals surface area (Å²) in [4.78, 5) is 0. The summed E-state index contributed by atoms with van der Waals surface area (Å²) >= 11 is 5.11. The SMILES string of the molecule is N.[Cd+2].[O-]c1ccccc1/C=N/N=C(\[S-])c1ccccc1. The molecule has 0 spiro atoms. The molecule has 0 aliphatic carbocycles. The number of hydrogen-bond acceptors (Lipinski definition) is 5. The van der Waals surface area contributed by atoms with Crippen LogP contribution in [0.4, 0.5) is 0 Å². The quantitative estimate of drug-likeness (QED) is 0.290. The van der Waals surface area contributed by atoms with Crippen molar-refractivity contribution in [2.75, 3.05) is 0 Å². The maximum Gasteiger partial charge on any atom is 2.00 e. The molecule has 20 heavy (non-hydrogen) atoms. The van der Waals surface area contributed by atoms with Gasteiger partial charge >= 0.3 is 27.3 Å². The molecule has 0 unspecified atom stereocenters. The molecule has 2 rings (SSSR count). The molecule has 0 heterocycles. The van der Waals surface area contributed by atoms with Crippen LogP contribution in [0.5, 0.6) is 5.75 Å². The summed E-state index contributed by atoms with van der Waals surface area (Å²) in [6, 6.07) is 16.0. The normalized spacial score (nSPS) is 10.7. The van der Waals surface area contributed by atoms with E-state index in [1.807, 2.05) is 30.3 Å². The maximum absolute atomic E-state index is 11.4. The van der Waals surface area contributed by atoms with Crippen molar-refractivity contribution in [2.45, 2.75) is 0 Å². The van der Waals surface area contributed by atoms with Gasteiger partial charge in [0, 0.05) is 0 Å². The Morgan fingerprint density at radius 1 is 1.00 bits per heavy atom. The molecule has 0 atom stereocenters. The topological polar surface area (TPSA) is 82.8 Å². The van der Waals surface area contributed by atoms with Gasteiger partial charge in [0.25, 0.3) is 0 Å². The Labute approximate surface area is 143 Å². The predicted octanol–water partition coefficient (Wildman–Crippen LogP) is 2.25. The Kier molecular flexibility index (Phi) is 8.93. The minimum atomic E-state index is -0.0814. The van der Waals surface area contributed by atoms with Gasteiger partial charge in [0.2, 0.25) is 0 Å². The summed E-state index contributed by atoms with van der Waals surface area (Å²) in [5, 5.41) is 19.5. The average Bonchev–Trinajstić information content (AvgIpc) is 2.42. The Bertz CT molecular complexity index is 588. The van der Waals surface area contributed by atoms with E-state index in [0.717, 1.165) is 5.56 Å². The summed E-state index contributed by atoms with van der Waals surface area (Å²) in [5.74, 6) is -0.0814. The smallest absolute Gasteiger partial charge is 0.872 e. The van der Waals surface area contributed by atoms with Gasteiger partial charge in [-0.05, 0) is 11.1 Å². The molecule has 0 aliphatic rings. The number of hydrogen-bond donors (Lipinski definition) is 1. The molecule has 3 N–H and O–H groups in total. The van der Waals surface area contributed by atoms with Crippen molar-refractivity contribution in [3.05, 3.63) is 65.7 Å². The fourth-order valence-electron chi connectivity index (χ4n) is 1.37. The molecule has 4 nitrogen and oxygen atoms in total. The van der Waals surface area contributed by atoms with E-state index in [0.29, 0.717) is 10.6 Å². The van der Waals surface area contributed by atoms with E-state index in [1.165, 1.54) is 12.3 Å². The van der Waals surface area contributed by atoms with Crippen LogP contribution >= 0.6 is 0 Å². The van der Waals surface area contributed by atoms with E-state index in [2.05, 4.69) is 10.2 Å². The molecule has 98 valence electrons. The monoisotopic (exact) mass is 385 g/mol. The van der Waals surface area contributed by atoms with Crippen molar-refractivity contribution in [3.8, 4) is 5.75 Å². The van der Waals surface area contributed by atoms with Crippen molar-refractivity contribution in [1.82, 2.24) is 6.15 Å². The minimum absolute atomic E-state index is 0. The van der Waals surface area contributed by atoms with Crippen LogP contribution in [-0.2, 0) is 39.9 Å². The first-order valence-corrected chi connectivity index (χ1v) is 5.78. The number of para-hydroxylation sites is 1.